The molecule has 1 atom stereocenters. The second kappa shape index (κ2) is 4.77. The quantitative estimate of drug-likeness (QED) is 0.853. The maximum atomic E-state index is 10.6. The summed E-state index contributed by atoms with van der Waals surface area (Å²) in [5.74, 6) is 0.667. The normalized spacial score (nSPS) is 14.4. The monoisotopic (exact) mass is 272 g/mol. The fourth-order valence-corrected chi connectivity index (χ4v) is 1.72. The van der Waals surface area contributed by atoms with E-state index >= 15 is 0 Å². The molecule has 0 amide bonds. The standard InChI is InChI=1S/C11H13BrO3/c1-11(14,7-13)6-8-5-9(12)3-4-10(8)15-2/h3-5,7,14H,6H2,1-2H3. The van der Waals surface area contributed by atoms with Crippen molar-refractivity contribution in [1.29, 1.82) is 0 Å². The van der Waals surface area contributed by atoms with Crippen LogP contribution < -0.4 is 4.74 Å². The van der Waals surface area contributed by atoms with Gasteiger partial charge in [0.05, 0.1) is 7.11 Å². The van der Waals surface area contributed by atoms with Gasteiger partial charge in [0.2, 0.25) is 0 Å². The number of carbonyl (C=O) groups excluding carboxylic acids is 1. The van der Waals surface area contributed by atoms with Gasteiger partial charge in [-0.25, -0.2) is 0 Å². The zero-order valence-corrected chi connectivity index (χ0v) is 10.2. The number of rotatable bonds is 4. The van der Waals surface area contributed by atoms with E-state index in [0.717, 1.165) is 10.0 Å². The van der Waals surface area contributed by atoms with Gasteiger partial charge >= 0.3 is 0 Å². The first-order valence-corrected chi connectivity index (χ1v) is 5.29. The van der Waals surface area contributed by atoms with Crippen LogP contribution in [0.15, 0.2) is 22.7 Å². The van der Waals surface area contributed by atoms with E-state index in [4.69, 9.17) is 4.74 Å². The second-order valence-electron chi connectivity index (χ2n) is 3.61. The Balaban J connectivity index is 3.02. The second-order valence-corrected chi connectivity index (χ2v) is 4.52. The number of aliphatic hydroxyl groups is 1. The summed E-state index contributed by atoms with van der Waals surface area (Å²) in [6.07, 6.45) is 0.770. The average Bonchev–Trinajstić information content (AvgIpc) is 2.18. The zero-order valence-electron chi connectivity index (χ0n) is 8.66. The van der Waals surface area contributed by atoms with Crippen molar-refractivity contribution in [1.82, 2.24) is 0 Å². The minimum absolute atomic E-state index is 0.235. The van der Waals surface area contributed by atoms with Crippen molar-refractivity contribution in [3.63, 3.8) is 0 Å². The number of hydrogen-bond donors (Lipinski definition) is 1. The summed E-state index contributed by atoms with van der Waals surface area (Å²) in [6, 6.07) is 5.47. The maximum Gasteiger partial charge on any atom is 0.151 e. The predicted octanol–water partition coefficient (Wildman–Crippen LogP) is 1.95. The Morgan fingerprint density at radius 1 is 1.60 bits per heavy atom. The molecule has 0 fully saturated rings. The van der Waals surface area contributed by atoms with Gasteiger partial charge in [0.1, 0.15) is 11.4 Å². The lowest BCUT2D eigenvalue weighted by Crippen LogP contribution is -2.29. The lowest BCUT2D eigenvalue weighted by atomic mass is 9.97. The van der Waals surface area contributed by atoms with Gasteiger partial charge in [-0.05, 0) is 30.7 Å². The molecule has 3 nitrogen and oxygen atoms in total. The lowest BCUT2D eigenvalue weighted by molar-refractivity contribution is -0.122. The number of benzene rings is 1. The first kappa shape index (κ1) is 12.2. The van der Waals surface area contributed by atoms with Crippen molar-refractivity contribution < 1.29 is 14.6 Å². The van der Waals surface area contributed by atoms with E-state index in [9.17, 15) is 9.90 Å². The van der Waals surface area contributed by atoms with Crippen LogP contribution in [0, 0.1) is 0 Å². The van der Waals surface area contributed by atoms with Crippen molar-refractivity contribution in [2.24, 2.45) is 0 Å². The van der Waals surface area contributed by atoms with Gasteiger partial charge in [0.15, 0.2) is 6.29 Å². The van der Waals surface area contributed by atoms with E-state index in [2.05, 4.69) is 15.9 Å². The van der Waals surface area contributed by atoms with Crippen molar-refractivity contribution in [2.75, 3.05) is 7.11 Å². The summed E-state index contributed by atoms with van der Waals surface area (Å²) in [5.41, 5.74) is -0.558. The first-order chi connectivity index (χ1) is 6.98. The molecule has 0 aromatic heterocycles. The minimum atomic E-state index is -1.35. The molecule has 1 unspecified atom stereocenters. The lowest BCUT2D eigenvalue weighted by Gasteiger charge is -2.17. The van der Waals surface area contributed by atoms with Crippen LogP contribution in [0.1, 0.15) is 12.5 Å². The first-order valence-electron chi connectivity index (χ1n) is 4.49. The summed E-state index contributed by atoms with van der Waals surface area (Å²) >= 11 is 3.33. The molecule has 1 aromatic carbocycles. The number of aldehydes is 1. The molecule has 0 bridgehead atoms. The molecule has 15 heavy (non-hydrogen) atoms. The molecule has 0 radical (unpaired) electrons. The van der Waals surface area contributed by atoms with E-state index in [1.165, 1.54) is 6.92 Å². The molecule has 0 saturated heterocycles. The summed E-state index contributed by atoms with van der Waals surface area (Å²) in [5, 5.41) is 9.65. The molecule has 82 valence electrons. The van der Waals surface area contributed by atoms with Crippen molar-refractivity contribution >= 4 is 22.2 Å². The molecule has 1 aromatic rings. The highest BCUT2D eigenvalue weighted by atomic mass is 79.9. The summed E-state index contributed by atoms with van der Waals surface area (Å²) in [7, 11) is 1.56. The SMILES string of the molecule is COc1ccc(Br)cc1CC(C)(O)C=O. The van der Waals surface area contributed by atoms with E-state index in [-0.39, 0.29) is 6.42 Å². The Morgan fingerprint density at radius 3 is 2.80 bits per heavy atom. The van der Waals surface area contributed by atoms with Crippen LogP contribution >= 0.6 is 15.9 Å². The third-order valence-corrected chi connectivity index (χ3v) is 2.54. The largest absolute Gasteiger partial charge is 0.496 e. The van der Waals surface area contributed by atoms with Gasteiger partial charge < -0.3 is 14.6 Å². The number of methoxy groups -OCH3 is 1. The molecule has 1 rings (SSSR count). The Bertz CT molecular complexity index is 361. The Labute approximate surface area is 97.2 Å². The number of hydrogen-bond acceptors (Lipinski definition) is 3. The fourth-order valence-electron chi connectivity index (χ4n) is 1.31. The molecular weight excluding hydrogens is 260 g/mol. The topological polar surface area (TPSA) is 46.5 Å². The van der Waals surface area contributed by atoms with Crippen LogP contribution in [0.25, 0.3) is 0 Å². The smallest absolute Gasteiger partial charge is 0.151 e. The van der Waals surface area contributed by atoms with Crippen LogP contribution in [0.4, 0.5) is 0 Å². The van der Waals surface area contributed by atoms with E-state index in [1.807, 2.05) is 12.1 Å². The molecule has 0 aliphatic rings. The van der Waals surface area contributed by atoms with Gasteiger partial charge in [-0.2, -0.15) is 0 Å². The van der Waals surface area contributed by atoms with Crippen molar-refractivity contribution in [3.8, 4) is 5.75 Å². The third-order valence-electron chi connectivity index (χ3n) is 2.04. The molecule has 0 saturated carbocycles. The highest BCUT2D eigenvalue weighted by Crippen LogP contribution is 2.26. The van der Waals surface area contributed by atoms with Crippen LogP contribution in [0.5, 0.6) is 5.75 Å². The van der Waals surface area contributed by atoms with Crippen LogP contribution in [-0.2, 0) is 11.2 Å². The van der Waals surface area contributed by atoms with Gasteiger partial charge in [-0.3, -0.25) is 0 Å². The maximum absolute atomic E-state index is 10.6. The Kier molecular flexibility index (Phi) is 3.88. The summed E-state index contributed by atoms with van der Waals surface area (Å²) in [6.45, 7) is 1.47. The zero-order chi connectivity index (χ0) is 11.5. The molecule has 0 heterocycles. The summed E-state index contributed by atoms with van der Waals surface area (Å²) < 4.78 is 6.03. The van der Waals surface area contributed by atoms with Gasteiger partial charge in [0, 0.05) is 10.9 Å². The van der Waals surface area contributed by atoms with Gasteiger partial charge in [0.25, 0.3) is 0 Å². The van der Waals surface area contributed by atoms with Crippen molar-refractivity contribution in [2.45, 2.75) is 18.9 Å². The van der Waals surface area contributed by atoms with Gasteiger partial charge in [-0.1, -0.05) is 15.9 Å². The molecule has 0 aliphatic heterocycles. The number of carbonyl (C=O) groups is 1. The molecule has 0 spiro atoms. The number of halogens is 1. The Morgan fingerprint density at radius 2 is 2.27 bits per heavy atom. The van der Waals surface area contributed by atoms with Crippen LogP contribution in [0.3, 0.4) is 0 Å². The number of ether oxygens (including phenoxy) is 1. The van der Waals surface area contributed by atoms with E-state index in [1.54, 1.807) is 13.2 Å². The molecule has 4 heteroatoms. The van der Waals surface area contributed by atoms with Crippen LogP contribution in [-0.4, -0.2) is 24.1 Å². The predicted molar refractivity (Wildman–Crippen MR) is 61.1 cm³/mol. The van der Waals surface area contributed by atoms with Crippen LogP contribution in [0.2, 0.25) is 0 Å². The molecule has 0 aliphatic carbocycles. The van der Waals surface area contributed by atoms with Crippen molar-refractivity contribution in [3.05, 3.63) is 28.2 Å². The summed E-state index contributed by atoms with van der Waals surface area (Å²) in [4.78, 5) is 10.6. The molecule has 1 N–H and O–H groups in total. The Hall–Kier alpha value is -0.870. The highest BCUT2D eigenvalue weighted by Gasteiger charge is 2.21. The molecular formula is C11H13BrO3. The fraction of sp³-hybridized carbons (Fsp3) is 0.364. The van der Waals surface area contributed by atoms with Gasteiger partial charge in [-0.15, -0.1) is 0 Å². The third kappa shape index (κ3) is 3.32. The van der Waals surface area contributed by atoms with E-state index in [0.29, 0.717) is 12.0 Å². The average molecular weight is 273 g/mol. The highest BCUT2D eigenvalue weighted by molar-refractivity contribution is 9.10. The minimum Gasteiger partial charge on any atom is -0.496 e. The van der Waals surface area contributed by atoms with E-state index < -0.39 is 5.60 Å².